The summed E-state index contributed by atoms with van der Waals surface area (Å²) in [6.07, 6.45) is 1.34. The molecule has 0 fully saturated rings. The van der Waals surface area contributed by atoms with Crippen LogP contribution in [0.2, 0.25) is 0 Å². The molecule has 1 unspecified atom stereocenters. The lowest BCUT2D eigenvalue weighted by Crippen LogP contribution is -2.39. The highest BCUT2D eigenvalue weighted by Gasteiger charge is 2.17. The molecule has 1 heterocycles. The summed E-state index contributed by atoms with van der Waals surface area (Å²) in [6, 6.07) is 3.00. The molecule has 2 N–H and O–H groups in total. The molecule has 0 amide bonds. The van der Waals surface area contributed by atoms with Crippen molar-refractivity contribution in [1.29, 1.82) is 0 Å². The number of hydrogen-bond acceptors (Lipinski definition) is 5. The smallest absolute Gasteiger partial charge is 0.242 e. The molecular formula is C11H20N4O2S. The molecule has 0 bridgehead atoms. The van der Waals surface area contributed by atoms with Crippen LogP contribution in [-0.4, -0.2) is 52.0 Å². The lowest BCUT2D eigenvalue weighted by atomic mass is 10.3. The van der Waals surface area contributed by atoms with Gasteiger partial charge in [0.2, 0.25) is 10.0 Å². The lowest BCUT2D eigenvalue weighted by Gasteiger charge is -2.18. The summed E-state index contributed by atoms with van der Waals surface area (Å²) >= 11 is 0. The third-order valence-electron chi connectivity index (χ3n) is 2.30. The van der Waals surface area contributed by atoms with Gasteiger partial charge < -0.3 is 10.2 Å². The van der Waals surface area contributed by atoms with E-state index in [4.69, 9.17) is 0 Å². The first-order valence-electron chi connectivity index (χ1n) is 5.66. The molecule has 1 aromatic rings. The van der Waals surface area contributed by atoms with Crippen molar-refractivity contribution in [3.8, 4) is 0 Å². The van der Waals surface area contributed by atoms with Gasteiger partial charge in [-0.2, -0.15) is 0 Å². The van der Waals surface area contributed by atoms with E-state index in [2.05, 4.69) is 15.0 Å². The minimum absolute atomic E-state index is 0.158. The number of rotatable bonds is 6. The lowest BCUT2D eigenvalue weighted by molar-refractivity contribution is 0.370. The number of hydrogen-bond donors (Lipinski definition) is 2. The van der Waals surface area contributed by atoms with Crippen LogP contribution >= 0.6 is 0 Å². The first-order chi connectivity index (χ1) is 8.35. The summed E-state index contributed by atoms with van der Waals surface area (Å²) in [5, 5.41) is 2.84. The molecule has 18 heavy (non-hydrogen) atoms. The molecule has 1 rings (SSSR count). The second-order valence-corrected chi connectivity index (χ2v) is 6.13. The Kier molecular flexibility index (Phi) is 5.06. The predicted octanol–water partition coefficient (Wildman–Crippen LogP) is 0.352. The van der Waals surface area contributed by atoms with Crippen molar-refractivity contribution in [3.63, 3.8) is 0 Å². The molecule has 0 aromatic carbocycles. The van der Waals surface area contributed by atoms with Crippen LogP contribution in [0.25, 0.3) is 0 Å². The number of sulfonamides is 1. The monoisotopic (exact) mass is 272 g/mol. The van der Waals surface area contributed by atoms with Gasteiger partial charge in [0, 0.05) is 25.8 Å². The van der Waals surface area contributed by atoms with E-state index in [-0.39, 0.29) is 10.9 Å². The van der Waals surface area contributed by atoms with E-state index in [1.807, 2.05) is 25.9 Å². The standard InChI is InChI=1S/C11H20N4O2S/c1-9(8-15(3)4)14-18(16,17)10-5-6-11(12-2)13-7-10/h5-7,9,14H,8H2,1-4H3,(H,12,13). The van der Waals surface area contributed by atoms with Gasteiger partial charge in [-0.3, -0.25) is 0 Å². The zero-order valence-corrected chi connectivity index (χ0v) is 12.0. The Hall–Kier alpha value is -1.18. The summed E-state index contributed by atoms with van der Waals surface area (Å²) in [7, 11) is 2.03. The van der Waals surface area contributed by atoms with Crippen molar-refractivity contribution < 1.29 is 8.42 Å². The molecule has 0 spiro atoms. The van der Waals surface area contributed by atoms with Crippen molar-refractivity contribution in [3.05, 3.63) is 18.3 Å². The summed E-state index contributed by atoms with van der Waals surface area (Å²) in [6.45, 7) is 2.47. The SMILES string of the molecule is CNc1ccc(S(=O)(=O)NC(C)CN(C)C)cn1. The second kappa shape index (κ2) is 6.12. The van der Waals surface area contributed by atoms with E-state index in [0.29, 0.717) is 12.4 Å². The van der Waals surface area contributed by atoms with Gasteiger partial charge >= 0.3 is 0 Å². The molecule has 0 saturated heterocycles. The van der Waals surface area contributed by atoms with Crippen LogP contribution in [0.4, 0.5) is 5.82 Å². The van der Waals surface area contributed by atoms with Crippen molar-refractivity contribution in [2.75, 3.05) is 33.0 Å². The number of aromatic nitrogens is 1. The molecule has 1 aromatic heterocycles. The maximum absolute atomic E-state index is 12.0. The van der Waals surface area contributed by atoms with Crippen LogP contribution in [0.3, 0.4) is 0 Å². The van der Waals surface area contributed by atoms with E-state index >= 15 is 0 Å². The van der Waals surface area contributed by atoms with Crippen LogP contribution < -0.4 is 10.0 Å². The van der Waals surface area contributed by atoms with Crippen molar-refractivity contribution >= 4 is 15.8 Å². The largest absolute Gasteiger partial charge is 0.373 e. The minimum atomic E-state index is -3.50. The molecular weight excluding hydrogens is 252 g/mol. The number of nitrogens with one attached hydrogen (secondary N) is 2. The number of nitrogens with zero attached hydrogens (tertiary/aromatic N) is 2. The summed E-state index contributed by atoms with van der Waals surface area (Å²) in [5.74, 6) is 0.635. The first-order valence-corrected chi connectivity index (χ1v) is 7.14. The molecule has 0 radical (unpaired) electrons. The fourth-order valence-corrected chi connectivity index (χ4v) is 2.78. The normalized spacial score (nSPS) is 13.6. The molecule has 0 aliphatic carbocycles. The fourth-order valence-electron chi connectivity index (χ4n) is 1.61. The third-order valence-corrected chi connectivity index (χ3v) is 3.87. The highest BCUT2D eigenvalue weighted by Crippen LogP contribution is 2.10. The Morgan fingerprint density at radius 2 is 2.06 bits per heavy atom. The fraction of sp³-hybridized carbons (Fsp3) is 0.545. The van der Waals surface area contributed by atoms with Crippen LogP contribution in [0, 0.1) is 0 Å². The first kappa shape index (κ1) is 14.9. The predicted molar refractivity (Wildman–Crippen MR) is 72.1 cm³/mol. The van der Waals surface area contributed by atoms with E-state index in [0.717, 1.165) is 0 Å². The van der Waals surface area contributed by atoms with Crippen LogP contribution in [0.5, 0.6) is 0 Å². The molecule has 102 valence electrons. The Labute approximate surface area is 108 Å². The molecule has 0 aliphatic rings. The van der Waals surface area contributed by atoms with Gasteiger partial charge in [-0.1, -0.05) is 0 Å². The van der Waals surface area contributed by atoms with Crippen molar-refractivity contribution in [1.82, 2.24) is 14.6 Å². The number of pyridine rings is 1. The molecule has 0 aliphatic heterocycles. The van der Waals surface area contributed by atoms with Crippen molar-refractivity contribution in [2.24, 2.45) is 0 Å². The summed E-state index contributed by atoms with van der Waals surface area (Å²) in [4.78, 5) is 6.09. The molecule has 1 atom stereocenters. The molecule has 0 saturated carbocycles. The Balaban J connectivity index is 2.79. The third kappa shape index (κ3) is 4.25. The van der Waals surface area contributed by atoms with Crippen molar-refractivity contribution in [2.45, 2.75) is 17.9 Å². The van der Waals surface area contributed by atoms with Gasteiger partial charge in [-0.05, 0) is 33.2 Å². The van der Waals surface area contributed by atoms with Gasteiger partial charge in [0.1, 0.15) is 10.7 Å². The summed E-state index contributed by atoms with van der Waals surface area (Å²) in [5.41, 5.74) is 0. The zero-order valence-electron chi connectivity index (χ0n) is 11.1. The summed E-state index contributed by atoms with van der Waals surface area (Å²) < 4.78 is 26.7. The van der Waals surface area contributed by atoms with Crippen LogP contribution in [-0.2, 0) is 10.0 Å². The van der Waals surface area contributed by atoms with Gasteiger partial charge in [-0.25, -0.2) is 18.1 Å². The van der Waals surface area contributed by atoms with Crippen LogP contribution in [0.15, 0.2) is 23.2 Å². The van der Waals surface area contributed by atoms with Gasteiger partial charge in [0.25, 0.3) is 0 Å². The van der Waals surface area contributed by atoms with Crippen LogP contribution in [0.1, 0.15) is 6.92 Å². The molecule has 7 heteroatoms. The average Bonchev–Trinajstić information content (AvgIpc) is 2.27. The Morgan fingerprint density at radius 1 is 1.39 bits per heavy atom. The van der Waals surface area contributed by atoms with E-state index in [9.17, 15) is 8.42 Å². The highest BCUT2D eigenvalue weighted by molar-refractivity contribution is 7.89. The van der Waals surface area contributed by atoms with Gasteiger partial charge in [0.05, 0.1) is 0 Å². The highest BCUT2D eigenvalue weighted by atomic mass is 32.2. The number of anilines is 1. The number of likely N-dealkylation sites (N-methyl/N-ethyl adjacent to an activating group) is 1. The topological polar surface area (TPSA) is 74.3 Å². The Morgan fingerprint density at radius 3 is 2.50 bits per heavy atom. The zero-order chi connectivity index (χ0) is 13.8. The Bertz CT molecular complexity index is 470. The van der Waals surface area contributed by atoms with E-state index in [1.54, 1.807) is 13.1 Å². The van der Waals surface area contributed by atoms with E-state index in [1.165, 1.54) is 12.3 Å². The average molecular weight is 272 g/mol. The van der Waals surface area contributed by atoms with E-state index < -0.39 is 10.0 Å². The van der Waals surface area contributed by atoms with Gasteiger partial charge in [0.15, 0.2) is 0 Å². The molecule has 6 nitrogen and oxygen atoms in total. The maximum atomic E-state index is 12.0. The quantitative estimate of drug-likeness (QED) is 0.782. The second-order valence-electron chi connectivity index (χ2n) is 4.41. The maximum Gasteiger partial charge on any atom is 0.242 e. The van der Waals surface area contributed by atoms with Gasteiger partial charge in [-0.15, -0.1) is 0 Å². The minimum Gasteiger partial charge on any atom is -0.373 e.